The van der Waals surface area contributed by atoms with Crippen molar-refractivity contribution in [3.63, 3.8) is 0 Å². The highest BCUT2D eigenvalue weighted by atomic mass is 32.1. The second-order valence-electron chi connectivity index (χ2n) is 3.86. The van der Waals surface area contributed by atoms with Crippen LogP contribution in [0, 0.1) is 16.7 Å². The van der Waals surface area contributed by atoms with Gasteiger partial charge in [0.15, 0.2) is 0 Å². The summed E-state index contributed by atoms with van der Waals surface area (Å²) in [6.07, 6.45) is 5.67. The molecule has 1 aromatic rings. The van der Waals surface area contributed by atoms with E-state index in [0.29, 0.717) is 5.82 Å². The molecule has 0 saturated carbocycles. The lowest BCUT2D eigenvalue weighted by atomic mass is 9.84. The summed E-state index contributed by atoms with van der Waals surface area (Å²) < 4.78 is 1.92. The largest absolute Gasteiger partial charge is 0.322 e. The average Bonchev–Trinajstić information content (AvgIpc) is 2.73. The van der Waals surface area contributed by atoms with Crippen LogP contribution in [-0.4, -0.2) is 15.3 Å². The Morgan fingerprint density at radius 3 is 2.67 bits per heavy atom. The van der Waals surface area contributed by atoms with Gasteiger partial charge >= 0.3 is 0 Å². The Hall–Kier alpha value is -0.950. The van der Waals surface area contributed by atoms with Gasteiger partial charge in [-0.2, -0.15) is 17.9 Å². The summed E-state index contributed by atoms with van der Waals surface area (Å²) in [4.78, 5) is 4.00. The maximum Gasteiger partial charge on any atom is 0.212 e. The third-order valence-electron chi connectivity index (χ3n) is 3.16. The van der Waals surface area contributed by atoms with E-state index in [1.807, 2.05) is 10.8 Å². The molecule has 4 heteroatoms. The lowest BCUT2D eigenvalue weighted by Gasteiger charge is -2.30. The molecule has 0 aromatic carbocycles. The van der Waals surface area contributed by atoms with Gasteiger partial charge in [0.25, 0.3) is 0 Å². The zero-order valence-electron chi connectivity index (χ0n) is 9.27. The van der Waals surface area contributed by atoms with Crippen molar-refractivity contribution < 1.29 is 0 Å². The first kappa shape index (κ1) is 12.1. The summed E-state index contributed by atoms with van der Waals surface area (Å²) in [6.45, 7) is 5.16. The lowest BCUT2D eigenvalue weighted by Crippen LogP contribution is -2.27. The Morgan fingerprint density at radius 1 is 1.53 bits per heavy atom. The molecule has 15 heavy (non-hydrogen) atoms. The van der Waals surface area contributed by atoms with Crippen molar-refractivity contribution in [2.75, 3.05) is 5.75 Å². The van der Waals surface area contributed by atoms with Crippen LogP contribution in [0.5, 0.6) is 0 Å². The molecule has 1 heterocycles. The number of thiol groups is 1. The Kier molecular flexibility index (Phi) is 4.22. The third-order valence-corrected chi connectivity index (χ3v) is 3.83. The molecular weight excluding hydrogens is 206 g/mol. The molecule has 0 radical (unpaired) electrons. The minimum atomic E-state index is 0.176. The van der Waals surface area contributed by atoms with Crippen molar-refractivity contribution in [1.29, 1.82) is 5.26 Å². The van der Waals surface area contributed by atoms with Gasteiger partial charge in [-0.3, -0.25) is 0 Å². The van der Waals surface area contributed by atoms with E-state index in [-0.39, 0.29) is 5.41 Å². The van der Waals surface area contributed by atoms with E-state index in [4.69, 9.17) is 5.26 Å². The normalized spacial score (nSPS) is 11.3. The maximum absolute atomic E-state index is 8.87. The predicted molar refractivity (Wildman–Crippen MR) is 63.8 cm³/mol. The zero-order valence-corrected chi connectivity index (χ0v) is 10.2. The molecule has 1 aromatic heterocycles. The summed E-state index contributed by atoms with van der Waals surface area (Å²) in [5.41, 5.74) is 0.176. The molecule has 0 saturated heterocycles. The Balaban J connectivity index is 2.88. The van der Waals surface area contributed by atoms with Crippen molar-refractivity contribution in [2.45, 2.75) is 33.2 Å². The van der Waals surface area contributed by atoms with E-state index < -0.39 is 0 Å². The Morgan fingerprint density at radius 2 is 2.20 bits per heavy atom. The van der Waals surface area contributed by atoms with Gasteiger partial charge < -0.3 is 4.57 Å². The average molecular weight is 223 g/mol. The summed E-state index contributed by atoms with van der Waals surface area (Å²) in [6, 6.07) is 2.10. The molecule has 0 aliphatic rings. The van der Waals surface area contributed by atoms with Crippen LogP contribution in [0.3, 0.4) is 0 Å². The molecule has 0 atom stereocenters. The number of nitriles is 1. The molecule has 3 nitrogen and oxygen atoms in total. The van der Waals surface area contributed by atoms with Crippen molar-refractivity contribution in [1.82, 2.24) is 9.55 Å². The van der Waals surface area contributed by atoms with Crippen molar-refractivity contribution in [2.24, 2.45) is 5.41 Å². The first-order chi connectivity index (χ1) is 7.21. The van der Waals surface area contributed by atoms with E-state index in [9.17, 15) is 0 Å². The second kappa shape index (κ2) is 5.22. The van der Waals surface area contributed by atoms with Crippen LogP contribution in [-0.2, 0) is 6.54 Å². The molecule has 1 rings (SSSR count). The van der Waals surface area contributed by atoms with Gasteiger partial charge in [0.1, 0.15) is 6.07 Å². The molecule has 0 aliphatic heterocycles. The first-order valence-electron chi connectivity index (χ1n) is 5.23. The lowest BCUT2D eigenvalue weighted by molar-refractivity contribution is 0.257. The molecular formula is C11H17N3S. The van der Waals surface area contributed by atoms with Crippen LogP contribution < -0.4 is 0 Å². The molecule has 82 valence electrons. The summed E-state index contributed by atoms with van der Waals surface area (Å²) in [5, 5.41) is 8.87. The Bertz CT molecular complexity index is 339. The molecule has 0 fully saturated rings. The van der Waals surface area contributed by atoms with Gasteiger partial charge in [0.2, 0.25) is 5.82 Å². The smallest absolute Gasteiger partial charge is 0.212 e. The van der Waals surface area contributed by atoms with Gasteiger partial charge in [-0.25, -0.2) is 4.98 Å². The third kappa shape index (κ3) is 2.54. The number of nitrogens with zero attached hydrogens (tertiary/aromatic N) is 3. The van der Waals surface area contributed by atoms with E-state index in [1.165, 1.54) is 0 Å². The highest BCUT2D eigenvalue weighted by Crippen LogP contribution is 2.30. The van der Waals surface area contributed by atoms with E-state index in [1.54, 1.807) is 6.20 Å². The number of hydrogen-bond donors (Lipinski definition) is 1. The highest BCUT2D eigenvalue weighted by Gasteiger charge is 2.25. The fourth-order valence-electron chi connectivity index (χ4n) is 1.66. The first-order valence-corrected chi connectivity index (χ1v) is 5.86. The number of rotatable bonds is 5. The number of imidazole rings is 1. The van der Waals surface area contributed by atoms with Crippen LogP contribution in [0.2, 0.25) is 0 Å². The monoisotopic (exact) mass is 223 g/mol. The zero-order chi connectivity index (χ0) is 11.3. The molecule has 0 aliphatic carbocycles. The second-order valence-corrected chi connectivity index (χ2v) is 4.17. The van der Waals surface area contributed by atoms with Crippen molar-refractivity contribution in [3.05, 3.63) is 18.2 Å². The molecule has 0 spiro atoms. The van der Waals surface area contributed by atoms with E-state index >= 15 is 0 Å². The molecule has 0 amide bonds. The topological polar surface area (TPSA) is 41.6 Å². The standard InChI is InChI=1S/C11H17N3S/c1-3-11(4-2,9-15)8-14-6-5-13-10(14)7-12/h5-6,15H,3-4,8-9H2,1-2H3. The van der Waals surface area contributed by atoms with Gasteiger partial charge in [-0.1, -0.05) is 13.8 Å². The van der Waals surface area contributed by atoms with Gasteiger partial charge in [0, 0.05) is 18.9 Å². The minimum absolute atomic E-state index is 0.176. The number of aromatic nitrogens is 2. The van der Waals surface area contributed by atoms with Crippen LogP contribution in [0.15, 0.2) is 12.4 Å². The van der Waals surface area contributed by atoms with Crippen LogP contribution in [0.4, 0.5) is 0 Å². The summed E-state index contributed by atoms with van der Waals surface area (Å²) in [7, 11) is 0. The fourth-order valence-corrected chi connectivity index (χ4v) is 2.21. The SMILES string of the molecule is CCC(CC)(CS)Cn1ccnc1C#N. The quantitative estimate of drug-likeness (QED) is 0.779. The van der Waals surface area contributed by atoms with Crippen molar-refractivity contribution in [3.8, 4) is 6.07 Å². The van der Waals surface area contributed by atoms with Gasteiger partial charge in [-0.15, -0.1) is 0 Å². The van der Waals surface area contributed by atoms with Gasteiger partial charge in [-0.05, 0) is 24.0 Å². The van der Waals surface area contributed by atoms with E-state index in [0.717, 1.165) is 25.1 Å². The molecule has 0 N–H and O–H groups in total. The van der Waals surface area contributed by atoms with Crippen LogP contribution in [0.25, 0.3) is 0 Å². The van der Waals surface area contributed by atoms with Crippen molar-refractivity contribution >= 4 is 12.6 Å². The Labute approximate surface area is 96.5 Å². The molecule has 0 bridgehead atoms. The molecule has 0 unspecified atom stereocenters. The number of hydrogen-bond acceptors (Lipinski definition) is 3. The fraction of sp³-hybridized carbons (Fsp3) is 0.636. The van der Waals surface area contributed by atoms with Crippen LogP contribution >= 0.6 is 12.6 Å². The minimum Gasteiger partial charge on any atom is -0.322 e. The highest BCUT2D eigenvalue weighted by molar-refractivity contribution is 7.80. The summed E-state index contributed by atoms with van der Waals surface area (Å²) >= 11 is 4.42. The van der Waals surface area contributed by atoms with E-state index in [2.05, 4.69) is 37.5 Å². The van der Waals surface area contributed by atoms with Crippen LogP contribution in [0.1, 0.15) is 32.5 Å². The summed E-state index contributed by atoms with van der Waals surface area (Å²) in [5.74, 6) is 1.33. The maximum atomic E-state index is 8.87. The van der Waals surface area contributed by atoms with Gasteiger partial charge in [0.05, 0.1) is 0 Å². The predicted octanol–water partition coefficient (Wildman–Crippen LogP) is 2.49.